The fourth-order valence-corrected chi connectivity index (χ4v) is 5.56. The van der Waals surface area contributed by atoms with Crippen LogP contribution in [0.15, 0.2) is 24.5 Å². The third-order valence-electron chi connectivity index (χ3n) is 6.32. The van der Waals surface area contributed by atoms with Gasteiger partial charge in [0.1, 0.15) is 22.6 Å². The second-order valence-electron chi connectivity index (χ2n) is 8.74. The van der Waals surface area contributed by atoms with E-state index >= 15 is 0 Å². The first kappa shape index (κ1) is 23.9. The van der Waals surface area contributed by atoms with Gasteiger partial charge in [0.2, 0.25) is 11.9 Å². The second-order valence-corrected chi connectivity index (χ2v) is 9.74. The highest BCUT2D eigenvalue weighted by Crippen LogP contribution is 2.38. The highest BCUT2D eigenvalue weighted by molar-refractivity contribution is 7.17. The number of carbonyl (C=O) groups is 2. The molecule has 2 aliphatic rings. The lowest BCUT2D eigenvalue weighted by Gasteiger charge is -2.26. The van der Waals surface area contributed by atoms with Crippen molar-refractivity contribution in [3.8, 4) is 0 Å². The zero-order chi connectivity index (χ0) is 25.2. The molecule has 1 saturated heterocycles. The molecule has 0 aliphatic carbocycles. The SMILES string of the molecule is CCOC(=O)c1sc(Nc2nc3c(c(N4CCC[C@H]4C(N)=O)n2)CCN3Cc2cccnc2)nc1C. The van der Waals surface area contributed by atoms with E-state index in [1.807, 2.05) is 23.2 Å². The van der Waals surface area contributed by atoms with E-state index in [1.165, 1.54) is 11.3 Å². The van der Waals surface area contributed by atoms with Gasteiger partial charge in [-0.15, -0.1) is 0 Å². The summed E-state index contributed by atoms with van der Waals surface area (Å²) in [6.07, 6.45) is 5.92. The number of nitrogens with zero attached hydrogens (tertiary/aromatic N) is 6. The summed E-state index contributed by atoms with van der Waals surface area (Å²) in [5.74, 6) is 1.12. The number of nitrogens with one attached hydrogen (secondary N) is 1. The van der Waals surface area contributed by atoms with E-state index < -0.39 is 12.0 Å². The van der Waals surface area contributed by atoms with Gasteiger partial charge in [-0.05, 0) is 44.7 Å². The Hall–Kier alpha value is -3.80. The molecule has 0 aromatic carbocycles. The van der Waals surface area contributed by atoms with E-state index in [0.717, 1.165) is 42.1 Å². The van der Waals surface area contributed by atoms with Crippen LogP contribution < -0.4 is 20.9 Å². The Morgan fingerprint density at radius 2 is 2.08 bits per heavy atom. The molecule has 0 spiro atoms. The topological polar surface area (TPSA) is 139 Å². The summed E-state index contributed by atoms with van der Waals surface area (Å²) < 4.78 is 5.13. The number of ether oxygens (including phenoxy) is 1. The number of hydrogen-bond donors (Lipinski definition) is 2. The molecule has 1 amide bonds. The largest absolute Gasteiger partial charge is 0.462 e. The van der Waals surface area contributed by atoms with Crippen LogP contribution in [0.2, 0.25) is 0 Å². The van der Waals surface area contributed by atoms with Gasteiger partial charge in [0.25, 0.3) is 0 Å². The molecule has 3 N–H and O–H groups in total. The number of pyridine rings is 1. The monoisotopic (exact) mass is 508 g/mol. The molecule has 36 heavy (non-hydrogen) atoms. The molecule has 0 unspecified atom stereocenters. The van der Waals surface area contributed by atoms with Crippen LogP contribution in [0.4, 0.5) is 22.7 Å². The number of anilines is 4. The Kier molecular flexibility index (Phi) is 6.68. The molecule has 3 aromatic heterocycles. The molecule has 0 bridgehead atoms. The van der Waals surface area contributed by atoms with Crippen molar-refractivity contribution < 1.29 is 14.3 Å². The van der Waals surface area contributed by atoms with Crippen molar-refractivity contribution in [3.05, 3.63) is 46.2 Å². The molecule has 188 valence electrons. The Bertz CT molecular complexity index is 1280. The fraction of sp³-hybridized carbons (Fsp3) is 0.417. The molecule has 5 heterocycles. The van der Waals surface area contributed by atoms with Gasteiger partial charge in [-0.2, -0.15) is 9.97 Å². The standard InChI is InChI=1S/C24H28N8O3S/c1-3-35-22(34)18-14(2)27-24(36-18)30-23-28-20-16(8-11-31(20)13-15-6-4-9-26-12-15)21(29-23)32-10-5-7-17(32)19(25)33/h4,6,9,12,17H,3,5,7-8,10-11,13H2,1-2H3,(H2,25,33)(H,27,28,29,30)/t17-/m0/s1. The van der Waals surface area contributed by atoms with Crippen LogP contribution >= 0.6 is 11.3 Å². The molecular formula is C24H28N8O3S. The Balaban J connectivity index is 1.51. The molecule has 0 radical (unpaired) electrons. The molecule has 1 atom stereocenters. The number of aryl methyl sites for hydroxylation is 1. The number of aromatic nitrogens is 4. The number of esters is 1. The van der Waals surface area contributed by atoms with Crippen molar-refractivity contribution in [3.63, 3.8) is 0 Å². The lowest BCUT2D eigenvalue weighted by Crippen LogP contribution is -2.41. The van der Waals surface area contributed by atoms with Gasteiger partial charge >= 0.3 is 5.97 Å². The van der Waals surface area contributed by atoms with Gasteiger partial charge in [0.05, 0.1) is 12.3 Å². The maximum Gasteiger partial charge on any atom is 0.350 e. The molecule has 12 heteroatoms. The van der Waals surface area contributed by atoms with Gasteiger partial charge in [0.15, 0.2) is 5.13 Å². The zero-order valence-electron chi connectivity index (χ0n) is 20.2. The summed E-state index contributed by atoms with van der Waals surface area (Å²) in [5.41, 5.74) is 8.38. The predicted molar refractivity (Wildman–Crippen MR) is 137 cm³/mol. The number of amides is 1. The first-order valence-electron chi connectivity index (χ1n) is 12.0. The number of hydrogen-bond acceptors (Lipinski definition) is 11. The molecule has 3 aromatic rings. The lowest BCUT2D eigenvalue weighted by atomic mass is 10.2. The highest BCUT2D eigenvalue weighted by atomic mass is 32.1. The molecule has 11 nitrogen and oxygen atoms in total. The molecule has 1 fully saturated rings. The number of rotatable bonds is 8. The van der Waals surface area contributed by atoms with Crippen LogP contribution in [0, 0.1) is 6.92 Å². The van der Waals surface area contributed by atoms with Crippen LogP contribution in [-0.2, 0) is 22.5 Å². The van der Waals surface area contributed by atoms with Crippen molar-refractivity contribution in [1.82, 2.24) is 19.9 Å². The van der Waals surface area contributed by atoms with Gasteiger partial charge < -0.3 is 20.3 Å². The fourth-order valence-electron chi connectivity index (χ4n) is 4.71. The number of primary amides is 1. The van der Waals surface area contributed by atoms with Crippen molar-refractivity contribution in [2.24, 2.45) is 5.73 Å². The van der Waals surface area contributed by atoms with E-state index in [4.69, 9.17) is 20.4 Å². The van der Waals surface area contributed by atoms with Crippen molar-refractivity contribution in [1.29, 1.82) is 0 Å². The van der Waals surface area contributed by atoms with Crippen molar-refractivity contribution in [2.75, 3.05) is 34.8 Å². The first-order chi connectivity index (χ1) is 17.4. The van der Waals surface area contributed by atoms with Gasteiger partial charge in [-0.25, -0.2) is 9.78 Å². The molecular weight excluding hydrogens is 480 g/mol. The maximum atomic E-state index is 12.3. The highest BCUT2D eigenvalue weighted by Gasteiger charge is 2.35. The minimum absolute atomic E-state index is 0.292. The third kappa shape index (κ3) is 4.68. The van der Waals surface area contributed by atoms with E-state index in [9.17, 15) is 9.59 Å². The maximum absolute atomic E-state index is 12.3. The summed E-state index contributed by atoms with van der Waals surface area (Å²) in [5, 5.41) is 3.67. The van der Waals surface area contributed by atoms with Gasteiger partial charge in [-0.1, -0.05) is 17.4 Å². The smallest absolute Gasteiger partial charge is 0.350 e. The van der Waals surface area contributed by atoms with Crippen LogP contribution in [0.25, 0.3) is 0 Å². The minimum atomic E-state index is -0.403. The summed E-state index contributed by atoms with van der Waals surface area (Å²) in [6.45, 7) is 5.94. The molecule has 2 aliphatic heterocycles. The zero-order valence-corrected chi connectivity index (χ0v) is 21.0. The van der Waals surface area contributed by atoms with Crippen LogP contribution in [-0.4, -0.2) is 57.6 Å². The van der Waals surface area contributed by atoms with Gasteiger partial charge in [-0.3, -0.25) is 15.1 Å². The lowest BCUT2D eigenvalue weighted by molar-refractivity contribution is -0.119. The quantitative estimate of drug-likeness (QED) is 0.436. The third-order valence-corrected chi connectivity index (χ3v) is 7.37. The van der Waals surface area contributed by atoms with Crippen LogP contribution in [0.1, 0.15) is 46.3 Å². The Morgan fingerprint density at radius 3 is 2.83 bits per heavy atom. The van der Waals surface area contributed by atoms with E-state index in [1.54, 1.807) is 20.0 Å². The Morgan fingerprint density at radius 1 is 1.25 bits per heavy atom. The number of fused-ring (bicyclic) bond motifs is 1. The number of nitrogens with two attached hydrogens (primary N) is 1. The average Bonchev–Trinajstić information content (AvgIpc) is 3.59. The van der Waals surface area contributed by atoms with E-state index in [2.05, 4.69) is 20.2 Å². The van der Waals surface area contributed by atoms with E-state index in [-0.39, 0.29) is 5.91 Å². The summed E-state index contributed by atoms with van der Waals surface area (Å²) >= 11 is 1.20. The molecule has 0 saturated carbocycles. The van der Waals surface area contributed by atoms with E-state index in [0.29, 0.717) is 47.8 Å². The summed E-state index contributed by atoms with van der Waals surface area (Å²) in [7, 11) is 0. The molecule has 5 rings (SSSR count). The Labute approximate surface area is 212 Å². The normalized spacial score (nSPS) is 16.8. The van der Waals surface area contributed by atoms with Crippen molar-refractivity contribution in [2.45, 2.75) is 45.7 Å². The number of carbonyl (C=O) groups excluding carboxylic acids is 2. The average molecular weight is 509 g/mol. The van der Waals surface area contributed by atoms with Crippen molar-refractivity contribution >= 4 is 45.9 Å². The van der Waals surface area contributed by atoms with Crippen LogP contribution in [0.5, 0.6) is 0 Å². The minimum Gasteiger partial charge on any atom is -0.462 e. The first-order valence-corrected chi connectivity index (χ1v) is 12.8. The van der Waals surface area contributed by atoms with Gasteiger partial charge in [0, 0.05) is 37.6 Å². The number of thiazole rings is 1. The summed E-state index contributed by atoms with van der Waals surface area (Å²) in [4.78, 5) is 47.4. The predicted octanol–water partition coefficient (Wildman–Crippen LogP) is 2.57. The van der Waals surface area contributed by atoms with Crippen LogP contribution in [0.3, 0.4) is 0 Å². The second kappa shape index (κ2) is 10.1. The summed E-state index contributed by atoms with van der Waals surface area (Å²) in [6, 6.07) is 3.55.